The number of hydrogen-bond donors (Lipinski definition) is 0. The van der Waals surface area contributed by atoms with Gasteiger partial charge in [0.1, 0.15) is 0 Å². The first-order chi connectivity index (χ1) is 55.5. The van der Waals surface area contributed by atoms with Gasteiger partial charge in [-0.25, -0.2) is 29.9 Å². The maximum absolute atomic E-state index is 4.97. The molecule has 0 aliphatic carbocycles. The quantitative estimate of drug-likeness (QED) is 0.121. The fourth-order valence-corrected chi connectivity index (χ4v) is 16.4. The van der Waals surface area contributed by atoms with E-state index in [-0.39, 0.29) is 0 Å². The number of para-hydroxylation sites is 6. The van der Waals surface area contributed by atoms with Crippen molar-refractivity contribution in [2.75, 3.05) is 0 Å². The van der Waals surface area contributed by atoms with Crippen molar-refractivity contribution in [2.24, 2.45) is 0 Å². The molecule has 0 unspecified atom stereocenters. The average Bonchev–Trinajstić information content (AvgIpc) is 1.57. The fraction of sp³-hybridized carbons (Fsp3) is 0. The van der Waals surface area contributed by atoms with Gasteiger partial charge in [0, 0.05) is 99.2 Å². The number of nitrogens with zero attached hydrogens (tertiary/aromatic N) is 10. The highest BCUT2D eigenvalue weighted by Crippen LogP contribution is 2.44. The highest BCUT2D eigenvalue weighted by Gasteiger charge is 2.22. The van der Waals surface area contributed by atoms with Gasteiger partial charge < -0.3 is 18.3 Å². The van der Waals surface area contributed by atoms with Crippen LogP contribution in [-0.2, 0) is 0 Å². The van der Waals surface area contributed by atoms with Crippen LogP contribution in [0.4, 0.5) is 0 Å². The van der Waals surface area contributed by atoms with Crippen molar-refractivity contribution in [3.05, 3.63) is 400 Å². The van der Waals surface area contributed by atoms with E-state index in [1.807, 2.05) is 121 Å². The topological polar surface area (TPSA) is 97.1 Å². The third-order valence-corrected chi connectivity index (χ3v) is 21.6. The molecule has 10 nitrogen and oxygen atoms in total. The van der Waals surface area contributed by atoms with E-state index >= 15 is 0 Å². The molecule has 6 aromatic heterocycles. The second-order valence-electron chi connectivity index (χ2n) is 28.1. The molecule has 22 rings (SSSR count). The lowest BCUT2D eigenvalue weighted by molar-refractivity contribution is 1.07. The summed E-state index contributed by atoms with van der Waals surface area (Å²) in [5.74, 6) is 3.87. The van der Waals surface area contributed by atoms with Gasteiger partial charge in [-0.15, -0.1) is 0 Å². The Morgan fingerprint density at radius 2 is 0.402 bits per heavy atom. The SMILES string of the molecule is c1ccc(-c2nc(-c3ccccc3)nc(-c3ccc(-n4c5ccccc5c5c(-c6ccc7c(c6)c6ccccc6n7-c6ccccc6)cccc54)cc3)n2)cc1.c1ccc(-c2nc(-c3ccccc3)nc(-c3ccc(-n4c5ccccc5c5cc(-c6ccc7c8ccccc8n(-c8ccccc8)c7c6)ccc54)cc3)n2)cc1. The van der Waals surface area contributed by atoms with Gasteiger partial charge in [0.15, 0.2) is 34.9 Å². The first-order valence-corrected chi connectivity index (χ1v) is 37.7. The minimum atomic E-state index is 0.637. The van der Waals surface area contributed by atoms with Crippen LogP contribution in [0, 0.1) is 0 Å². The summed E-state index contributed by atoms with van der Waals surface area (Å²) in [6.45, 7) is 0. The van der Waals surface area contributed by atoms with E-state index in [1.54, 1.807) is 0 Å². The van der Waals surface area contributed by atoms with Gasteiger partial charge in [0.25, 0.3) is 0 Å². The summed E-state index contributed by atoms with van der Waals surface area (Å²) in [6.07, 6.45) is 0. The van der Waals surface area contributed by atoms with Crippen molar-refractivity contribution in [2.45, 2.75) is 0 Å². The molecule has 6 heterocycles. The Balaban J connectivity index is 0.000000141. The maximum Gasteiger partial charge on any atom is 0.164 e. The van der Waals surface area contributed by atoms with Gasteiger partial charge in [-0.05, 0) is 156 Å². The second-order valence-corrected chi connectivity index (χ2v) is 28.1. The van der Waals surface area contributed by atoms with Crippen LogP contribution in [0.25, 0.3) is 201 Å². The van der Waals surface area contributed by atoms with Crippen LogP contribution >= 0.6 is 0 Å². The molecule has 0 fully saturated rings. The number of rotatable bonds is 12. The third-order valence-electron chi connectivity index (χ3n) is 21.6. The van der Waals surface area contributed by atoms with Gasteiger partial charge in [-0.1, -0.05) is 267 Å². The van der Waals surface area contributed by atoms with E-state index in [9.17, 15) is 0 Å². The van der Waals surface area contributed by atoms with Crippen LogP contribution in [0.15, 0.2) is 400 Å². The molecule has 0 saturated heterocycles. The summed E-state index contributed by atoms with van der Waals surface area (Å²) in [6, 6.07) is 141. The Hall–Kier alpha value is -15.3. The summed E-state index contributed by atoms with van der Waals surface area (Å²) in [4.78, 5) is 29.6. The average molecular weight is 1430 g/mol. The zero-order valence-electron chi connectivity index (χ0n) is 60.6. The summed E-state index contributed by atoms with van der Waals surface area (Å²) in [5, 5.41) is 9.86. The Morgan fingerprint density at radius 3 is 0.821 bits per heavy atom. The van der Waals surface area contributed by atoms with Crippen LogP contribution < -0.4 is 0 Å². The minimum absolute atomic E-state index is 0.637. The molecule has 0 bridgehead atoms. The lowest BCUT2D eigenvalue weighted by Crippen LogP contribution is -2.00. The van der Waals surface area contributed by atoms with Crippen molar-refractivity contribution in [3.8, 4) is 113 Å². The molecule has 524 valence electrons. The van der Waals surface area contributed by atoms with E-state index in [4.69, 9.17) is 29.9 Å². The predicted octanol–water partition coefficient (Wildman–Crippen LogP) is 25.5. The van der Waals surface area contributed by atoms with Crippen molar-refractivity contribution < 1.29 is 0 Å². The van der Waals surface area contributed by atoms with Gasteiger partial charge in [0.05, 0.1) is 44.1 Å². The third kappa shape index (κ3) is 11.4. The van der Waals surface area contributed by atoms with Gasteiger partial charge in [-0.3, -0.25) is 0 Å². The highest BCUT2D eigenvalue weighted by atomic mass is 15.1. The standard InChI is InChI=1S/2C51H33N5/c1-4-15-34(16-5-1)49-52-50(35-17-6-2-7-18-35)54-51(53-49)36-27-30-39(31-28-36)56-45-25-13-11-22-42(45)48-40(23-14-26-47(48)56)37-29-32-46-43(33-37)41-21-10-12-24-44(41)55(46)38-19-8-3-9-20-38;1-4-14-34(15-5-1)49-52-50(35-16-6-2-7-17-35)54-51(53-49)36-24-28-40(29-25-36)55-46-23-13-11-21-42(46)44-32-37(27-31-47(44)55)38-26-30-43-41-20-10-12-22-45(41)56(48(43)33-38)39-18-8-3-9-19-39/h2*1-33H. The minimum Gasteiger partial charge on any atom is -0.309 e. The fourth-order valence-electron chi connectivity index (χ4n) is 16.4. The lowest BCUT2D eigenvalue weighted by atomic mass is 9.98. The zero-order valence-corrected chi connectivity index (χ0v) is 60.6. The van der Waals surface area contributed by atoms with Crippen LogP contribution in [-0.4, -0.2) is 48.2 Å². The molecule has 22 aromatic rings. The molecular weight excluding hydrogens is 1370 g/mol. The molecule has 0 aliphatic heterocycles. The van der Waals surface area contributed by atoms with Gasteiger partial charge in [-0.2, -0.15) is 0 Å². The Morgan fingerprint density at radius 1 is 0.143 bits per heavy atom. The number of hydrogen-bond acceptors (Lipinski definition) is 6. The van der Waals surface area contributed by atoms with Crippen LogP contribution in [0.5, 0.6) is 0 Å². The van der Waals surface area contributed by atoms with Crippen molar-refractivity contribution in [3.63, 3.8) is 0 Å². The molecule has 0 saturated carbocycles. The smallest absolute Gasteiger partial charge is 0.164 e. The van der Waals surface area contributed by atoms with Crippen LogP contribution in [0.2, 0.25) is 0 Å². The summed E-state index contributed by atoms with van der Waals surface area (Å²) in [7, 11) is 0. The normalized spacial score (nSPS) is 11.6. The van der Waals surface area contributed by atoms with Crippen molar-refractivity contribution in [1.82, 2.24) is 48.2 Å². The summed E-state index contributed by atoms with van der Waals surface area (Å²) in [5.41, 5.74) is 24.3. The second kappa shape index (κ2) is 27.5. The highest BCUT2D eigenvalue weighted by molar-refractivity contribution is 6.18. The molecule has 10 heteroatoms. The van der Waals surface area contributed by atoms with Gasteiger partial charge >= 0.3 is 0 Å². The predicted molar refractivity (Wildman–Crippen MR) is 460 cm³/mol. The molecule has 0 aliphatic rings. The van der Waals surface area contributed by atoms with Gasteiger partial charge in [0.2, 0.25) is 0 Å². The monoisotopic (exact) mass is 1430 g/mol. The molecule has 0 spiro atoms. The molecule has 0 N–H and O–H groups in total. The number of fused-ring (bicyclic) bond motifs is 12. The van der Waals surface area contributed by atoms with Crippen molar-refractivity contribution in [1.29, 1.82) is 0 Å². The summed E-state index contributed by atoms with van der Waals surface area (Å²) >= 11 is 0. The Kier molecular flexibility index (Phi) is 16.0. The maximum atomic E-state index is 4.97. The largest absolute Gasteiger partial charge is 0.309 e. The lowest BCUT2D eigenvalue weighted by Gasteiger charge is -2.11. The van der Waals surface area contributed by atoms with Crippen molar-refractivity contribution >= 4 is 87.2 Å². The summed E-state index contributed by atoms with van der Waals surface area (Å²) < 4.78 is 9.47. The number of aromatic nitrogens is 10. The molecular formula is C102H66N10. The molecule has 0 amide bonds. The van der Waals surface area contributed by atoms with Crippen LogP contribution in [0.3, 0.4) is 0 Å². The molecule has 16 aromatic carbocycles. The Bertz CT molecular complexity index is 7200. The first-order valence-electron chi connectivity index (χ1n) is 37.7. The van der Waals surface area contributed by atoms with E-state index in [1.165, 1.54) is 87.4 Å². The molecule has 0 atom stereocenters. The number of benzene rings is 16. The zero-order chi connectivity index (χ0) is 74.0. The van der Waals surface area contributed by atoms with E-state index in [2.05, 4.69) is 297 Å². The van der Waals surface area contributed by atoms with E-state index in [0.717, 1.165) is 78.2 Å². The van der Waals surface area contributed by atoms with Crippen LogP contribution in [0.1, 0.15) is 0 Å². The molecule has 112 heavy (non-hydrogen) atoms. The molecule has 0 radical (unpaired) electrons. The first kappa shape index (κ1) is 65.1. The Labute approximate surface area is 645 Å². The van der Waals surface area contributed by atoms with E-state index in [0.29, 0.717) is 34.9 Å². The van der Waals surface area contributed by atoms with E-state index < -0.39 is 0 Å².